The molecule has 2 aromatic heterocycles. The molecule has 0 saturated heterocycles. The number of Topliss-reactive ketones (excluding diaryl/α,β-unsaturated/α-hetero) is 1. The number of aromatic nitrogens is 5. The van der Waals surface area contributed by atoms with Gasteiger partial charge in [-0.2, -0.15) is 0 Å². The van der Waals surface area contributed by atoms with Gasteiger partial charge in [-0.05, 0) is 46.2 Å². The van der Waals surface area contributed by atoms with Crippen molar-refractivity contribution < 1.29 is 14.3 Å². The van der Waals surface area contributed by atoms with Gasteiger partial charge in [0.1, 0.15) is 11.3 Å². The second-order valence-corrected chi connectivity index (χ2v) is 6.66. The summed E-state index contributed by atoms with van der Waals surface area (Å²) in [5.74, 6) is 0.716. The number of rotatable bonds is 6. The molecule has 9 nitrogen and oxygen atoms in total. The summed E-state index contributed by atoms with van der Waals surface area (Å²) in [4.78, 5) is 27.9. The number of hydrogen-bond acceptors (Lipinski definition) is 8. The summed E-state index contributed by atoms with van der Waals surface area (Å²) in [7, 11) is 0. The molecule has 9 heteroatoms. The smallest absolute Gasteiger partial charge is 0.407 e. The van der Waals surface area contributed by atoms with E-state index in [0.29, 0.717) is 42.3 Å². The molecule has 0 atom stereocenters. The maximum absolute atomic E-state index is 12.2. The summed E-state index contributed by atoms with van der Waals surface area (Å²) in [6.07, 6.45) is 1.79. The number of carbonyl (C=O) groups is 2. The van der Waals surface area contributed by atoms with Crippen LogP contribution in [0.5, 0.6) is 0 Å². The number of ketones is 1. The van der Waals surface area contributed by atoms with E-state index in [1.54, 1.807) is 39.8 Å². The normalized spacial score (nSPS) is 11.1. The highest BCUT2D eigenvalue weighted by molar-refractivity contribution is 5.95. The van der Waals surface area contributed by atoms with Crippen LogP contribution in [-0.4, -0.2) is 49.4 Å². The van der Waals surface area contributed by atoms with Crippen LogP contribution in [0.25, 0.3) is 11.5 Å². The topological polar surface area (TPSA) is 120 Å². The van der Waals surface area contributed by atoms with Gasteiger partial charge in [0.2, 0.25) is 5.82 Å². The van der Waals surface area contributed by atoms with Crippen LogP contribution >= 0.6 is 0 Å². The van der Waals surface area contributed by atoms with E-state index in [0.717, 1.165) is 0 Å². The number of alkyl carbamates (subject to hydrolysis) is 1. The zero-order valence-electron chi connectivity index (χ0n) is 15.3. The first kappa shape index (κ1) is 19.4. The van der Waals surface area contributed by atoms with E-state index >= 15 is 0 Å². The van der Waals surface area contributed by atoms with Crippen LogP contribution in [-0.2, 0) is 4.74 Å². The molecule has 0 saturated carbocycles. The maximum atomic E-state index is 12.2. The number of nitrogens with one attached hydrogen (secondary N) is 1. The third kappa shape index (κ3) is 6.15. The van der Waals surface area contributed by atoms with Crippen LogP contribution in [0.2, 0.25) is 0 Å². The Bertz CT molecular complexity index is 754. The van der Waals surface area contributed by atoms with Gasteiger partial charge >= 0.3 is 6.09 Å². The average molecular weight is 358 g/mol. The van der Waals surface area contributed by atoms with E-state index in [1.165, 1.54) is 6.20 Å². The number of hydrogen-bond donors (Lipinski definition) is 1. The van der Waals surface area contributed by atoms with Crippen LogP contribution in [0.1, 0.15) is 49.8 Å². The predicted molar refractivity (Wildman–Crippen MR) is 93.4 cm³/mol. The number of carbonyl (C=O) groups excluding carboxylic acids is 2. The summed E-state index contributed by atoms with van der Waals surface area (Å²) in [6.45, 7) is 7.43. The largest absolute Gasteiger partial charge is 0.444 e. The van der Waals surface area contributed by atoms with Gasteiger partial charge in [0, 0.05) is 24.7 Å². The fourth-order valence-electron chi connectivity index (χ4n) is 1.97. The number of amides is 1. The molecular formula is C17H22N6O3. The molecule has 138 valence electrons. The second kappa shape index (κ2) is 8.41. The van der Waals surface area contributed by atoms with Gasteiger partial charge in [-0.15, -0.1) is 20.4 Å². The van der Waals surface area contributed by atoms with Crippen molar-refractivity contribution in [1.29, 1.82) is 0 Å². The van der Waals surface area contributed by atoms with E-state index in [1.807, 2.05) is 0 Å². The Morgan fingerprint density at radius 2 is 1.81 bits per heavy atom. The molecule has 0 aromatic carbocycles. The van der Waals surface area contributed by atoms with Crippen molar-refractivity contribution in [3.05, 3.63) is 29.7 Å². The molecule has 0 aliphatic rings. The maximum Gasteiger partial charge on any atom is 0.407 e. The summed E-state index contributed by atoms with van der Waals surface area (Å²) < 4.78 is 5.12. The SMILES string of the molecule is Cc1nnc(-c2ccc(C(=O)CCCNC(=O)OC(C)(C)C)cn2)nn1. The zero-order valence-corrected chi connectivity index (χ0v) is 15.3. The fourth-order valence-corrected chi connectivity index (χ4v) is 1.97. The molecule has 0 bridgehead atoms. The molecule has 0 aliphatic carbocycles. The van der Waals surface area contributed by atoms with E-state index in [4.69, 9.17) is 4.74 Å². The van der Waals surface area contributed by atoms with Gasteiger partial charge < -0.3 is 10.1 Å². The van der Waals surface area contributed by atoms with E-state index in [-0.39, 0.29) is 5.78 Å². The van der Waals surface area contributed by atoms with Gasteiger partial charge in [0.15, 0.2) is 11.6 Å². The van der Waals surface area contributed by atoms with Crippen molar-refractivity contribution in [1.82, 2.24) is 30.7 Å². The molecule has 0 aliphatic heterocycles. The summed E-state index contributed by atoms with van der Waals surface area (Å²) in [5, 5.41) is 18.1. The van der Waals surface area contributed by atoms with Crippen molar-refractivity contribution in [3.63, 3.8) is 0 Å². The minimum atomic E-state index is -0.542. The number of pyridine rings is 1. The Labute approximate surface area is 151 Å². The minimum absolute atomic E-state index is 0.0592. The Balaban J connectivity index is 1.81. The predicted octanol–water partition coefficient (Wildman–Crippen LogP) is 2.12. The van der Waals surface area contributed by atoms with E-state index in [9.17, 15) is 9.59 Å². The summed E-state index contributed by atoms with van der Waals surface area (Å²) >= 11 is 0. The Morgan fingerprint density at radius 1 is 1.12 bits per heavy atom. The Kier molecular flexibility index (Phi) is 6.26. The van der Waals surface area contributed by atoms with Crippen LogP contribution in [0, 0.1) is 6.92 Å². The van der Waals surface area contributed by atoms with Crippen LogP contribution in [0.3, 0.4) is 0 Å². The molecule has 0 unspecified atom stereocenters. The lowest BCUT2D eigenvalue weighted by Crippen LogP contribution is -2.33. The third-order valence-corrected chi connectivity index (χ3v) is 3.14. The molecule has 2 aromatic rings. The highest BCUT2D eigenvalue weighted by Crippen LogP contribution is 2.12. The quantitative estimate of drug-likeness (QED) is 0.616. The van der Waals surface area contributed by atoms with E-state index < -0.39 is 11.7 Å². The number of nitrogens with zero attached hydrogens (tertiary/aromatic N) is 5. The average Bonchev–Trinajstić information content (AvgIpc) is 2.58. The van der Waals surface area contributed by atoms with Gasteiger partial charge in [0.05, 0.1) is 0 Å². The van der Waals surface area contributed by atoms with Crippen LogP contribution in [0.4, 0.5) is 4.79 Å². The highest BCUT2D eigenvalue weighted by atomic mass is 16.6. The monoisotopic (exact) mass is 358 g/mol. The lowest BCUT2D eigenvalue weighted by Gasteiger charge is -2.19. The van der Waals surface area contributed by atoms with Crippen LogP contribution < -0.4 is 5.32 Å². The fraction of sp³-hybridized carbons (Fsp3) is 0.471. The first-order chi connectivity index (χ1) is 12.2. The third-order valence-electron chi connectivity index (χ3n) is 3.14. The molecule has 0 spiro atoms. The van der Waals surface area contributed by atoms with Crippen molar-refractivity contribution in [2.75, 3.05) is 6.54 Å². The molecule has 1 N–H and O–H groups in total. The molecule has 0 radical (unpaired) electrons. The van der Waals surface area contributed by atoms with Crippen molar-refractivity contribution in [2.45, 2.75) is 46.1 Å². The second-order valence-electron chi connectivity index (χ2n) is 6.66. The summed E-state index contributed by atoms with van der Waals surface area (Å²) in [5.41, 5.74) is 0.437. The van der Waals surface area contributed by atoms with Crippen molar-refractivity contribution >= 4 is 11.9 Å². The molecule has 26 heavy (non-hydrogen) atoms. The summed E-state index contributed by atoms with van der Waals surface area (Å²) in [6, 6.07) is 3.31. The minimum Gasteiger partial charge on any atom is -0.444 e. The van der Waals surface area contributed by atoms with E-state index in [2.05, 4.69) is 30.7 Å². The molecule has 2 heterocycles. The molecular weight excluding hydrogens is 336 g/mol. The van der Waals surface area contributed by atoms with Crippen molar-refractivity contribution in [3.8, 4) is 11.5 Å². The van der Waals surface area contributed by atoms with Gasteiger partial charge in [0.25, 0.3) is 0 Å². The first-order valence-corrected chi connectivity index (χ1v) is 8.25. The van der Waals surface area contributed by atoms with Crippen LogP contribution in [0.15, 0.2) is 18.3 Å². The molecule has 0 fully saturated rings. The Hall–Kier alpha value is -2.97. The molecule has 2 rings (SSSR count). The van der Waals surface area contributed by atoms with Gasteiger partial charge in [-0.1, -0.05) is 0 Å². The first-order valence-electron chi connectivity index (χ1n) is 8.25. The van der Waals surface area contributed by atoms with Gasteiger partial charge in [-0.25, -0.2) is 4.79 Å². The standard InChI is InChI=1S/C17H22N6O3/c1-11-20-22-15(23-21-11)13-8-7-12(10-19-13)14(24)6-5-9-18-16(25)26-17(2,3)4/h7-8,10H,5-6,9H2,1-4H3,(H,18,25). The lowest BCUT2D eigenvalue weighted by molar-refractivity contribution is 0.0525. The van der Waals surface area contributed by atoms with Crippen molar-refractivity contribution in [2.24, 2.45) is 0 Å². The number of ether oxygens (including phenoxy) is 1. The zero-order chi connectivity index (χ0) is 19.2. The highest BCUT2D eigenvalue weighted by Gasteiger charge is 2.15. The van der Waals surface area contributed by atoms with Gasteiger partial charge in [-0.3, -0.25) is 9.78 Å². The number of aryl methyl sites for hydroxylation is 1. The lowest BCUT2D eigenvalue weighted by atomic mass is 10.1. The Morgan fingerprint density at radius 3 is 2.38 bits per heavy atom. The molecule has 1 amide bonds.